The zero-order valence-corrected chi connectivity index (χ0v) is 9.84. The van der Waals surface area contributed by atoms with E-state index in [1.54, 1.807) is 6.92 Å². The van der Waals surface area contributed by atoms with E-state index >= 15 is 0 Å². The second-order valence-electron chi connectivity index (χ2n) is 4.07. The van der Waals surface area contributed by atoms with E-state index in [1.807, 2.05) is 0 Å². The quantitative estimate of drug-likeness (QED) is 0.849. The summed E-state index contributed by atoms with van der Waals surface area (Å²) in [5, 5.41) is 11.0. The molecule has 1 amide bonds. The summed E-state index contributed by atoms with van der Waals surface area (Å²) in [7, 11) is 0. The van der Waals surface area contributed by atoms with Crippen LogP contribution in [0.5, 0.6) is 0 Å². The van der Waals surface area contributed by atoms with Crippen LogP contribution in [0.1, 0.15) is 23.7 Å². The van der Waals surface area contributed by atoms with Gasteiger partial charge in [-0.1, -0.05) is 6.92 Å². The summed E-state index contributed by atoms with van der Waals surface area (Å²) in [6, 6.07) is 0.907. The number of nitrogens with one attached hydrogen (secondary N) is 1. The predicted molar refractivity (Wildman–Crippen MR) is 59.5 cm³/mol. The van der Waals surface area contributed by atoms with Gasteiger partial charge in [0.1, 0.15) is 23.0 Å². The molecule has 0 heterocycles. The van der Waals surface area contributed by atoms with Crippen molar-refractivity contribution >= 4 is 5.91 Å². The van der Waals surface area contributed by atoms with Gasteiger partial charge in [-0.3, -0.25) is 4.79 Å². The Morgan fingerprint density at radius 3 is 2.39 bits per heavy atom. The lowest BCUT2D eigenvalue weighted by Crippen LogP contribution is -2.30. The van der Waals surface area contributed by atoms with E-state index in [4.69, 9.17) is 5.11 Å². The minimum absolute atomic E-state index is 0.0227. The number of halogens is 3. The highest BCUT2D eigenvalue weighted by Gasteiger charge is 2.19. The maximum absolute atomic E-state index is 13.3. The first kappa shape index (κ1) is 14.5. The Kier molecular flexibility index (Phi) is 5.15. The van der Waals surface area contributed by atoms with Crippen LogP contribution in [-0.2, 0) is 0 Å². The maximum Gasteiger partial charge on any atom is 0.257 e. The average molecular weight is 261 g/mol. The number of rotatable bonds is 5. The summed E-state index contributed by atoms with van der Waals surface area (Å²) in [5.41, 5.74) is -0.799. The molecular weight excluding hydrogens is 247 g/mol. The molecule has 0 aliphatic carbocycles. The van der Waals surface area contributed by atoms with Crippen molar-refractivity contribution < 1.29 is 23.1 Å². The molecule has 0 aliphatic heterocycles. The van der Waals surface area contributed by atoms with Crippen LogP contribution >= 0.6 is 0 Å². The van der Waals surface area contributed by atoms with Gasteiger partial charge in [0.15, 0.2) is 0 Å². The van der Waals surface area contributed by atoms with Crippen molar-refractivity contribution in [3.63, 3.8) is 0 Å². The highest BCUT2D eigenvalue weighted by atomic mass is 19.1. The molecule has 0 saturated heterocycles. The molecule has 1 aromatic carbocycles. The number of aliphatic hydroxyl groups excluding tert-OH is 1. The third-order valence-electron chi connectivity index (χ3n) is 2.47. The monoisotopic (exact) mass is 261 g/mol. The van der Waals surface area contributed by atoms with Gasteiger partial charge in [-0.25, -0.2) is 13.2 Å². The number of aliphatic hydroxyl groups is 1. The minimum atomic E-state index is -1.24. The number of benzene rings is 1. The Labute approximate surface area is 103 Å². The van der Waals surface area contributed by atoms with Gasteiger partial charge < -0.3 is 10.4 Å². The Balaban J connectivity index is 2.73. The molecule has 1 atom stereocenters. The van der Waals surface area contributed by atoms with Crippen LogP contribution in [0.4, 0.5) is 13.2 Å². The van der Waals surface area contributed by atoms with Gasteiger partial charge in [0.05, 0.1) is 0 Å². The minimum Gasteiger partial charge on any atom is -0.396 e. The fourth-order valence-corrected chi connectivity index (χ4v) is 1.44. The Morgan fingerprint density at radius 1 is 1.33 bits per heavy atom. The van der Waals surface area contributed by atoms with Gasteiger partial charge in [-0.15, -0.1) is 0 Å². The highest BCUT2D eigenvalue weighted by Crippen LogP contribution is 2.14. The van der Waals surface area contributed by atoms with Crippen LogP contribution in [0, 0.1) is 23.4 Å². The molecule has 0 saturated carbocycles. The molecule has 1 aromatic rings. The molecule has 0 spiro atoms. The van der Waals surface area contributed by atoms with E-state index in [9.17, 15) is 18.0 Å². The number of carbonyl (C=O) groups excluding carboxylic acids is 1. The molecule has 3 nitrogen and oxygen atoms in total. The lowest BCUT2D eigenvalue weighted by atomic mass is 10.1. The molecule has 6 heteroatoms. The molecule has 0 aromatic heterocycles. The maximum atomic E-state index is 13.3. The van der Waals surface area contributed by atoms with Gasteiger partial charge in [0, 0.05) is 25.3 Å². The first-order valence-electron chi connectivity index (χ1n) is 5.49. The fourth-order valence-electron chi connectivity index (χ4n) is 1.44. The summed E-state index contributed by atoms with van der Waals surface area (Å²) in [6.45, 7) is 1.92. The summed E-state index contributed by atoms with van der Waals surface area (Å²) in [6.07, 6.45) is 0.467. The molecule has 0 fully saturated rings. The van der Waals surface area contributed by atoms with Gasteiger partial charge in [-0.2, -0.15) is 0 Å². The lowest BCUT2D eigenvalue weighted by Gasteiger charge is -2.11. The van der Waals surface area contributed by atoms with E-state index in [1.165, 1.54) is 0 Å². The van der Waals surface area contributed by atoms with Crippen molar-refractivity contribution in [2.45, 2.75) is 13.3 Å². The van der Waals surface area contributed by atoms with E-state index < -0.39 is 28.9 Å². The van der Waals surface area contributed by atoms with Crippen molar-refractivity contribution in [3.05, 3.63) is 35.1 Å². The second-order valence-corrected chi connectivity index (χ2v) is 4.07. The number of hydrogen-bond donors (Lipinski definition) is 2. The van der Waals surface area contributed by atoms with Crippen molar-refractivity contribution in [2.75, 3.05) is 13.2 Å². The van der Waals surface area contributed by atoms with E-state index in [2.05, 4.69) is 5.32 Å². The molecule has 1 rings (SSSR count). The summed E-state index contributed by atoms with van der Waals surface area (Å²) < 4.78 is 39.2. The molecule has 1 unspecified atom stereocenters. The molecular formula is C12H14F3NO2. The SMILES string of the molecule is CC(CCO)CNC(=O)c1c(F)cc(F)cc1F. The van der Waals surface area contributed by atoms with Gasteiger partial charge in [0.2, 0.25) is 0 Å². The van der Waals surface area contributed by atoms with Gasteiger partial charge >= 0.3 is 0 Å². The fraction of sp³-hybridized carbons (Fsp3) is 0.417. The highest BCUT2D eigenvalue weighted by molar-refractivity contribution is 5.94. The van der Waals surface area contributed by atoms with Crippen molar-refractivity contribution in [1.29, 1.82) is 0 Å². The second kappa shape index (κ2) is 6.39. The first-order chi connectivity index (χ1) is 8.45. The van der Waals surface area contributed by atoms with E-state index in [0.29, 0.717) is 18.6 Å². The zero-order chi connectivity index (χ0) is 13.7. The largest absolute Gasteiger partial charge is 0.396 e. The molecule has 18 heavy (non-hydrogen) atoms. The smallest absolute Gasteiger partial charge is 0.257 e. The summed E-state index contributed by atoms with van der Waals surface area (Å²) in [5.74, 6) is -4.50. The first-order valence-corrected chi connectivity index (χ1v) is 5.49. The lowest BCUT2D eigenvalue weighted by molar-refractivity contribution is 0.0937. The van der Waals surface area contributed by atoms with Crippen molar-refractivity contribution in [2.24, 2.45) is 5.92 Å². The van der Waals surface area contributed by atoms with Crippen LogP contribution in [-0.4, -0.2) is 24.2 Å². The third-order valence-corrected chi connectivity index (χ3v) is 2.47. The van der Waals surface area contributed by atoms with Crippen LogP contribution in [0.25, 0.3) is 0 Å². The topological polar surface area (TPSA) is 49.3 Å². The molecule has 2 N–H and O–H groups in total. The van der Waals surface area contributed by atoms with Crippen LogP contribution < -0.4 is 5.32 Å². The van der Waals surface area contributed by atoms with Gasteiger partial charge in [-0.05, 0) is 12.3 Å². The van der Waals surface area contributed by atoms with E-state index in [0.717, 1.165) is 0 Å². The summed E-state index contributed by atoms with van der Waals surface area (Å²) in [4.78, 5) is 11.5. The number of hydrogen-bond acceptors (Lipinski definition) is 2. The van der Waals surface area contributed by atoms with E-state index in [-0.39, 0.29) is 19.1 Å². The van der Waals surface area contributed by atoms with Crippen LogP contribution in [0.3, 0.4) is 0 Å². The molecule has 0 aliphatic rings. The predicted octanol–water partition coefficient (Wildman–Crippen LogP) is 1.85. The number of carbonyl (C=O) groups is 1. The Morgan fingerprint density at radius 2 is 1.89 bits per heavy atom. The molecule has 0 radical (unpaired) electrons. The normalized spacial score (nSPS) is 12.3. The molecule has 0 bridgehead atoms. The van der Waals surface area contributed by atoms with Crippen molar-refractivity contribution in [3.8, 4) is 0 Å². The van der Waals surface area contributed by atoms with Crippen molar-refractivity contribution in [1.82, 2.24) is 5.32 Å². The van der Waals surface area contributed by atoms with Crippen LogP contribution in [0.15, 0.2) is 12.1 Å². The van der Waals surface area contributed by atoms with Crippen LogP contribution in [0.2, 0.25) is 0 Å². The third kappa shape index (κ3) is 3.73. The zero-order valence-electron chi connectivity index (χ0n) is 9.84. The Hall–Kier alpha value is -1.56. The summed E-state index contributed by atoms with van der Waals surface area (Å²) >= 11 is 0. The number of amides is 1. The average Bonchev–Trinajstić information content (AvgIpc) is 2.25. The molecule has 100 valence electrons. The standard InChI is InChI=1S/C12H14F3NO2/c1-7(2-3-17)6-16-12(18)11-9(14)4-8(13)5-10(11)15/h4-5,7,17H,2-3,6H2,1H3,(H,16,18). The van der Waals surface area contributed by atoms with Gasteiger partial charge in [0.25, 0.3) is 5.91 Å². The Bertz CT molecular complexity index is 414.